The van der Waals surface area contributed by atoms with E-state index in [4.69, 9.17) is 5.73 Å². The van der Waals surface area contributed by atoms with E-state index >= 15 is 0 Å². The molecule has 0 aromatic heterocycles. The molecule has 0 bridgehead atoms. The van der Waals surface area contributed by atoms with Crippen LogP contribution in [0.4, 0.5) is 5.69 Å². The number of hydrogen-bond donors (Lipinski definition) is 1. The largest absolute Gasteiger partial charge is 0.399 e. The van der Waals surface area contributed by atoms with E-state index in [1.54, 1.807) is 19.2 Å². The van der Waals surface area contributed by atoms with Crippen LogP contribution in [-0.4, -0.2) is 51.4 Å². The number of aryl methyl sites for hydroxylation is 1. The van der Waals surface area contributed by atoms with Crippen molar-refractivity contribution >= 4 is 15.7 Å². The summed E-state index contributed by atoms with van der Waals surface area (Å²) in [5.74, 6) is 0.405. The van der Waals surface area contributed by atoms with Crippen molar-refractivity contribution in [1.82, 2.24) is 9.21 Å². The summed E-state index contributed by atoms with van der Waals surface area (Å²) in [5.41, 5.74) is 7.09. The number of nitrogens with two attached hydrogens (primary N) is 1. The molecule has 1 atom stereocenters. The van der Waals surface area contributed by atoms with Crippen LogP contribution in [0.2, 0.25) is 0 Å². The van der Waals surface area contributed by atoms with Crippen LogP contribution in [0.1, 0.15) is 12.0 Å². The number of sulfonamides is 1. The van der Waals surface area contributed by atoms with Gasteiger partial charge in [0, 0.05) is 25.8 Å². The summed E-state index contributed by atoms with van der Waals surface area (Å²) in [4.78, 5) is 2.51. The Morgan fingerprint density at radius 3 is 2.65 bits per heavy atom. The fourth-order valence-corrected chi connectivity index (χ4v) is 4.13. The molecule has 1 saturated heterocycles. The van der Waals surface area contributed by atoms with Crippen LogP contribution < -0.4 is 5.73 Å². The van der Waals surface area contributed by atoms with Gasteiger partial charge in [0.1, 0.15) is 0 Å². The maximum Gasteiger partial charge on any atom is 0.242 e. The van der Waals surface area contributed by atoms with Gasteiger partial charge in [-0.3, -0.25) is 0 Å². The number of hydrogen-bond acceptors (Lipinski definition) is 4. The lowest BCUT2D eigenvalue weighted by molar-refractivity contribution is 0.357. The third kappa shape index (κ3) is 3.31. The standard InChI is InChI=1S/C14H23N3O2S/c1-11-6-13(15)8-14(7-11)20(18,19)17(3)10-12-4-5-16(2)9-12/h6-8,12H,4-5,9-10,15H2,1-3H3. The molecule has 112 valence electrons. The lowest BCUT2D eigenvalue weighted by Gasteiger charge is -2.21. The lowest BCUT2D eigenvalue weighted by Crippen LogP contribution is -2.33. The minimum Gasteiger partial charge on any atom is -0.399 e. The molecule has 1 aliphatic rings. The van der Waals surface area contributed by atoms with E-state index in [1.807, 2.05) is 6.92 Å². The van der Waals surface area contributed by atoms with Gasteiger partial charge >= 0.3 is 0 Å². The average Bonchev–Trinajstić information content (AvgIpc) is 2.73. The number of rotatable bonds is 4. The van der Waals surface area contributed by atoms with Crippen molar-refractivity contribution < 1.29 is 8.42 Å². The highest BCUT2D eigenvalue weighted by Gasteiger charge is 2.27. The number of nitrogens with zero attached hydrogens (tertiary/aromatic N) is 2. The minimum absolute atomic E-state index is 0.281. The van der Waals surface area contributed by atoms with Crippen molar-refractivity contribution in [3.8, 4) is 0 Å². The van der Waals surface area contributed by atoms with Crippen LogP contribution in [0, 0.1) is 12.8 Å². The van der Waals surface area contributed by atoms with Crippen molar-refractivity contribution in [2.75, 3.05) is 39.5 Å². The molecule has 6 heteroatoms. The van der Waals surface area contributed by atoms with Gasteiger partial charge in [0.25, 0.3) is 0 Å². The fraction of sp³-hybridized carbons (Fsp3) is 0.571. The first-order valence-corrected chi connectivity index (χ1v) is 8.25. The molecule has 1 fully saturated rings. The predicted molar refractivity (Wildman–Crippen MR) is 81.0 cm³/mol. The maximum atomic E-state index is 12.6. The molecule has 2 N–H and O–H groups in total. The number of likely N-dealkylation sites (tertiary alicyclic amines) is 1. The average molecular weight is 297 g/mol. The quantitative estimate of drug-likeness (QED) is 0.847. The first-order valence-electron chi connectivity index (χ1n) is 6.81. The molecular weight excluding hydrogens is 274 g/mol. The third-order valence-electron chi connectivity index (χ3n) is 3.79. The van der Waals surface area contributed by atoms with E-state index < -0.39 is 10.0 Å². The van der Waals surface area contributed by atoms with Gasteiger partial charge in [0.15, 0.2) is 0 Å². The zero-order chi connectivity index (χ0) is 14.9. The monoisotopic (exact) mass is 297 g/mol. The topological polar surface area (TPSA) is 66.6 Å². The van der Waals surface area contributed by atoms with Crippen LogP contribution in [-0.2, 0) is 10.0 Å². The van der Waals surface area contributed by atoms with Crippen molar-refractivity contribution in [3.05, 3.63) is 23.8 Å². The van der Waals surface area contributed by atoms with Gasteiger partial charge in [-0.1, -0.05) is 0 Å². The second kappa shape index (κ2) is 5.71. The van der Waals surface area contributed by atoms with Crippen LogP contribution >= 0.6 is 0 Å². The van der Waals surface area contributed by atoms with E-state index in [0.717, 1.165) is 25.1 Å². The Hall–Kier alpha value is -1.11. The molecule has 5 nitrogen and oxygen atoms in total. The van der Waals surface area contributed by atoms with Crippen molar-refractivity contribution in [2.24, 2.45) is 5.92 Å². The Morgan fingerprint density at radius 2 is 2.10 bits per heavy atom. The number of nitrogen functional groups attached to an aromatic ring is 1. The van der Waals surface area contributed by atoms with Gasteiger partial charge < -0.3 is 10.6 Å². The smallest absolute Gasteiger partial charge is 0.242 e. The molecule has 0 amide bonds. The van der Waals surface area contributed by atoms with Gasteiger partial charge in [0.2, 0.25) is 10.0 Å². The Kier molecular flexibility index (Phi) is 4.36. The van der Waals surface area contributed by atoms with Crippen molar-refractivity contribution in [1.29, 1.82) is 0 Å². The van der Waals surface area contributed by atoms with Crippen molar-refractivity contribution in [2.45, 2.75) is 18.2 Å². The van der Waals surface area contributed by atoms with E-state index in [2.05, 4.69) is 11.9 Å². The first kappa shape index (κ1) is 15.3. The minimum atomic E-state index is -3.45. The highest BCUT2D eigenvalue weighted by molar-refractivity contribution is 7.89. The zero-order valence-corrected chi connectivity index (χ0v) is 13.2. The number of benzene rings is 1. The molecule has 1 aliphatic heterocycles. The molecule has 2 rings (SSSR count). The summed E-state index contributed by atoms with van der Waals surface area (Å²) in [6.45, 7) is 4.40. The van der Waals surface area contributed by atoms with E-state index in [0.29, 0.717) is 18.2 Å². The normalized spacial score (nSPS) is 20.7. The summed E-state index contributed by atoms with van der Waals surface area (Å²) in [7, 11) is 0.256. The van der Waals surface area contributed by atoms with E-state index in [1.165, 1.54) is 10.4 Å². The third-order valence-corrected chi connectivity index (χ3v) is 5.59. The second-order valence-electron chi connectivity index (χ2n) is 5.78. The molecule has 20 heavy (non-hydrogen) atoms. The Balaban J connectivity index is 2.16. The molecule has 0 radical (unpaired) electrons. The Labute approximate surface area is 121 Å². The summed E-state index contributed by atoms with van der Waals surface area (Å²) in [6, 6.07) is 4.97. The Bertz CT molecular complexity index is 566. The summed E-state index contributed by atoms with van der Waals surface area (Å²) >= 11 is 0. The molecule has 1 aromatic carbocycles. The summed E-state index contributed by atoms with van der Waals surface area (Å²) in [5, 5.41) is 0. The van der Waals surface area contributed by atoms with Crippen LogP contribution in [0.15, 0.2) is 23.1 Å². The molecule has 1 unspecified atom stereocenters. The van der Waals surface area contributed by atoms with Crippen LogP contribution in [0.5, 0.6) is 0 Å². The van der Waals surface area contributed by atoms with Gasteiger partial charge in [-0.25, -0.2) is 12.7 Å². The summed E-state index contributed by atoms with van der Waals surface area (Å²) < 4.78 is 26.6. The van der Waals surface area contributed by atoms with E-state index in [-0.39, 0.29) is 4.90 Å². The van der Waals surface area contributed by atoms with Gasteiger partial charge in [-0.15, -0.1) is 0 Å². The SMILES string of the molecule is Cc1cc(N)cc(S(=O)(=O)N(C)CC2CCN(C)C2)c1. The Morgan fingerprint density at radius 1 is 1.40 bits per heavy atom. The number of anilines is 1. The van der Waals surface area contributed by atoms with Gasteiger partial charge in [-0.05, 0) is 56.6 Å². The molecule has 1 aromatic rings. The first-order chi connectivity index (χ1) is 9.29. The zero-order valence-electron chi connectivity index (χ0n) is 12.3. The maximum absolute atomic E-state index is 12.6. The second-order valence-corrected chi connectivity index (χ2v) is 7.83. The molecule has 1 heterocycles. The van der Waals surface area contributed by atoms with Gasteiger partial charge in [-0.2, -0.15) is 0 Å². The van der Waals surface area contributed by atoms with Gasteiger partial charge in [0.05, 0.1) is 4.90 Å². The van der Waals surface area contributed by atoms with Crippen molar-refractivity contribution in [3.63, 3.8) is 0 Å². The van der Waals surface area contributed by atoms with Crippen LogP contribution in [0.3, 0.4) is 0 Å². The lowest BCUT2D eigenvalue weighted by atomic mass is 10.1. The molecule has 0 spiro atoms. The summed E-state index contributed by atoms with van der Waals surface area (Å²) in [6.07, 6.45) is 1.05. The highest BCUT2D eigenvalue weighted by atomic mass is 32.2. The molecule has 0 saturated carbocycles. The fourth-order valence-electron chi connectivity index (χ4n) is 2.74. The van der Waals surface area contributed by atoms with Crippen LogP contribution in [0.25, 0.3) is 0 Å². The predicted octanol–water partition coefficient (Wildman–Crippen LogP) is 1.15. The highest BCUT2D eigenvalue weighted by Crippen LogP contribution is 2.22. The van der Waals surface area contributed by atoms with E-state index in [9.17, 15) is 8.42 Å². The molecule has 0 aliphatic carbocycles. The molecular formula is C14H23N3O2S.